The van der Waals surface area contributed by atoms with E-state index in [4.69, 9.17) is 9.47 Å². The molecule has 1 amide bonds. The third-order valence-electron chi connectivity index (χ3n) is 4.10. The predicted octanol–water partition coefficient (Wildman–Crippen LogP) is 4.40. The maximum Gasteiger partial charge on any atom is 0.261 e. The van der Waals surface area contributed by atoms with Crippen LogP contribution in [0.4, 0.5) is 0 Å². The maximum absolute atomic E-state index is 12.6. The van der Waals surface area contributed by atoms with Gasteiger partial charge >= 0.3 is 0 Å². The lowest BCUT2D eigenvalue weighted by Crippen LogP contribution is -2.25. The molecule has 134 valence electrons. The zero-order valence-corrected chi connectivity index (χ0v) is 15.6. The lowest BCUT2D eigenvalue weighted by atomic mass is 10.1. The van der Waals surface area contributed by atoms with Gasteiger partial charge in [0, 0.05) is 12.1 Å². The summed E-state index contributed by atoms with van der Waals surface area (Å²) in [6.45, 7) is 0.556. The molecule has 0 saturated heterocycles. The topological polar surface area (TPSA) is 47.6 Å². The maximum atomic E-state index is 12.6. The highest BCUT2D eigenvalue weighted by atomic mass is 32.1. The van der Waals surface area contributed by atoms with E-state index in [-0.39, 0.29) is 5.91 Å². The van der Waals surface area contributed by atoms with E-state index in [1.165, 1.54) is 11.3 Å². The number of benzene rings is 2. The Morgan fingerprint density at radius 3 is 2.50 bits per heavy atom. The van der Waals surface area contributed by atoms with E-state index in [1.807, 2.05) is 60.0 Å². The number of hydrogen-bond donors (Lipinski definition) is 1. The highest BCUT2D eigenvalue weighted by Gasteiger charge is 2.14. The number of rotatable bonds is 7. The van der Waals surface area contributed by atoms with Gasteiger partial charge in [-0.1, -0.05) is 36.4 Å². The average Bonchev–Trinajstić information content (AvgIpc) is 3.18. The van der Waals surface area contributed by atoms with Crippen molar-refractivity contribution in [2.45, 2.75) is 6.42 Å². The Kier molecular flexibility index (Phi) is 5.92. The number of carbonyl (C=O) groups excluding carboxylic acids is 1. The van der Waals surface area contributed by atoms with Crippen LogP contribution in [-0.2, 0) is 6.42 Å². The summed E-state index contributed by atoms with van der Waals surface area (Å²) in [7, 11) is 3.23. The molecule has 0 saturated carbocycles. The Morgan fingerprint density at radius 2 is 1.77 bits per heavy atom. The third kappa shape index (κ3) is 4.06. The largest absolute Gasteiger partial charge is 0.493 e. The molecule has 0 spiro atoms. The highest BCUT2D eigenvalue weighted by molar-refractivity contribution is 7.12. The van der Waals surface area contributed by atoms with Crippen LogP contribution in [0.1, 0.15) is 15.2 Å². The fraction of sp³-hybridized carbons (Fsp3) is 0.190. The van der Waals surface area contributed by atoms with Crippen molar-refractivity contribution in [1.82, 2.24) is 5.32 Å². The molecule has 4 nitrogen and oxygen atoms in total. The lowest BCUT2D eigenvalue weighted by molar-refractivity contribution is 0.0959. The van der Waals surface area contributed by atoms with E-state index in [0.717, 1.165) is 28.0 Å². The average molecular weight is 367 g/mol. The molecule has 3 rings (SSSR count). The van der Waals surface area contributed by atoms with Gasteiger partial charge in [0.05, 0.1) is 19.1 Å². The van der Waals surface area contributed by atoms with Crippen LogP contribution < -0.4 is 14.8 Å². The number of carbonyl (C=O) groups is 1. The van der Waals surface area contributed by atoms with E-state index in [0.29, 0.717) is 18.0 Å². The van der Waals surface area contributed by atoms with Gasteiger partial charge in [0.2, 0.25) is 0 Å². The van der Waals surface area contributed by atoms with Gasteiger partial charge in [-0.05, 0) is 41.1 Å². The van der Waals surface area contributed by atoms with Gasteiger partial charge in [0.15, 0.2) is 11.5 Å². The number of amides is 1. The molecule has 2 aromatic carbocycles. The van der Waals surface area contributed by atoms with Gasteiger partial charge < -0.3 is 14.8 Å². The van der Waals surface area contributed by atoms with Gasteiger partial charge in [-0.25, -0.2) is 0 Å². The van der Waals surface area contributed by atoms with Crippen LogP contribution in [0, 0.1) is 0 Å². The second kappa shape index (κ2) is 8.54. The van der Waals surface area contributed by atoms with Crippen molar-refractivity contribution in [2.24, 2.45) is 0 Å². The minimum absolute atomic E-state index is 0.0423. The zero-order chi connectivity index (χ0) is 18.4. The van der Waals surface area contributed by atoms with Crippen LogP contribution in [0.2, 0.25) is 0 Å². The molecule has 5 heteroatoms. The molecule has 0 unspecified atom stereocenters. The molecular weight excluding hydrogens is 346 g/mol. The summed E-state index contributed by atoms with van der Waals surface area (Å²) in [4.78, 5) is 13.3. The normalized spacial score (nSPS) is 10.4. The first-order valence-corrected chi connectivity index (χ1v) is 9.23. The van der Waals surface area contributed by atoms with E-state index < -0.39 is 0 Å². The standard InChI is InChI=1S/C21H21NO3S/c1-24-18-9-8-15(14-19(18)25-2)10-12-22-21(23)20-17(11-13-26-20)16-6-4-3-5-7-16/h3-9,11,13-14H,10,12H2,1-2H3,(H,22,23). The Balaban J connectivity index is 1.63. The quantitative estimate of drug-likeness (QED) is 0.673. The van der Waals surface area contributed by atoms with E-state index >= 15 is 0 Å². The van der Waals surface area contributed by atoms with Gasteiger partial charge in [0.25, 0.3) is 5.91 Å². The first-order valence-electron chi connectivity index (χ1n) is 8.35. The predicted molar refractivity (Wildman–Crippen MR) is 105 cm³/mol. The number of hydrogen-bond acceptors (Lipinski definition) is 4. The van der Waals surface area contributed by atoms with Crippen molar-refractivity contribution in [3.05, 3.63) is 70.4 Å². The van der Waals surface area contributed by atoms with Crippen LogP contribution in [0.5, 0.6) is 11.5 Å². The van der Waals surface area contributed by atoms with Crippen molar-refractivity contribution in [3.8, 4) is 22.6 Å². The van der Waals surface area contributed by atoms with Gasteiger partial charge in [-0.15, -0.1) is 11.3 Å². The molecule has 1 N–H and O–H groups in total. The van der Waals surface area contributed by atoms with Crippen molar-refractivity contribution in [1.29, 1.82) is 0 Å². The summed E-state index contributed by atoms with van der Waals surface area (Å²) in [6.07, 6.45) is 0.720. The Morgan fingerprint density at radius 1 is 1.00 bits per heavy atom. The summed E-state index contributed by atoms with van der Waals surface area (Å²) in [5, 5.41) is 4.96. The van der Waals surface area contributed by atoms with Crippen molar-refractivity contribution in [2.75, 3.05) is 20.8 Å². The Hall–Kier alpha value is -2.79. The van der Waals surface area contributed by atoms with Crippen molar-refractivity contribution in [3.63, 3.8) is 0 Å². The van der Waals surface area contributed by atoms with Crippen LogP contribution in [0.15, 0.2) is 60.0 Å². The molecule has 0 aliphatic heterocycles. The fourth-order valence-electron chi connectivity index (χ4n) is 2.77. The second-order valence-electron chi connectivity index (χ2n) is 5.72. The molecule has 1 aromatic heterocycles. The highest BCUT2D eigenvalue weighted by Crippen LogP contribution is 2.29. The molecule has 3 aromatic rings. The summed E-state index contributed by atoms with van der Waals surface area (Å²) in [5.41, 5.74) is 3.11. The molecule has 0 fully saturated rings. The van der Waals surface area contributed by atoms with Crippen LogP contribution in [-0.4, -0.2) is 26.7 Å². The minimum atomic E-state index is -0.0423. The van der Waals surface area contributed by atoms with Crippen molar-refractivity contribution < 1.29 is 14.3 Å². The Bertz CT molecular complexity index is 874. The second-order valence-corrected chi connectivity index (χ2v) is 6.64. The van der Waals surface area contributed by atoms with Crippen molar-refractivity contribution >= 4 is 17.2 Å². The van der Waals surface area contributed by atoms with Gasteiger partial charge in [0.1, 0.15) is 0 Å². The minimum Gasteiger partial charge on any atom is -0.493 e. The molecule has 0 atom stereocenters. The molecule has 0 aliphatic rings. The molecule has 0 radical (unpaired) electrons. The molecule has 1 heterocycles. The van der Waals surface area contributed by atoms with E-state index in [9.17, 15) is 4.79 Å². The smallest absolute Gasteiger partial charge is 0.261 e. The Labute approximate surface area is 157 Å². The SMILES string of the molecule is COc1ccc(CCNC(=O)c2sccc2-c2ccccc2)cc1OC. The lowest BCUT2D eigenvalue weighted by Gasteiger charge is -2.10. The first-order chi connectivity index (χ1) is 12.7. The van der Waals surface area contributed by atoms with Gasteiger partial charge in [-0.2, -0.15) is 0 Å². The third-order valence-corrected chi connectivity index (χ3v) is 5.02. The number of methoxy groups -OCH3 is 2. The molecule has 0 aliphatic carbocycles. The summed E-state index contributed by atoms with van der Waals surface area (Å²) >= 11 is 1.46. The van der Waals surface area contributed by atoms with Crippen LogP contribution >= 0.6 is 11.3 Å². The van der Waals surface area contributed by atoms with E-state index in [2.05, 4.69) is 5.32 Å². The fourth-order valence-corrected chi connectivity index (χ4v) is 3.60. The van der Waals surface area contributed by atoms with Gasteiger partial charge in [-0.3, -0.25) is 4.79 Å². The summed E-state index contributed by atoms with van der Waals surface area (Å²) < 4.78 is 10.6. The van der Waals surface area contributed by atoms with Crippen LogP contribution in [0.25, 0.3) is 11.1 Å². The molecule has 0 bridgehead atoms. The first kappa shape index (κ1) is 18.0. The zero-order valence-electron chi connectivity index (χ0n) is 14.8. The van der Waals surface area contributed by atoms with E-state index in [1.54, 1.807) is 14.2 Å². The van der Waals surface area contributed by atoms with Crippen LogP contribution in [0.3, 0.4) is 0 Å². The number of ether oxygens (including phenoxy) is 2. The summed E-state index contributed by atoms with van der Waals surface area (Å²) in [6, 6.07) is 17.7. The molecule has 26 heavy (non-hydrogen) atoms. The summed E-state index contributed by atoms with van der Waals surface area (Å²) in [5.74, 6) is 1.35. The monoisotopic (exact) mass is 367 g/mol. The number of thiophene rings is 1. The molecular formula is C21H21NO3S. The number of nitrogens with one attached hydrogen (secondary N) is 1.